The number of aliphatic hydroxyl groups is 1. The van der Waals surface area contributed by atoms with Crippen molar-refractivity contribution in [3.63, 3.8) is 0 Å². The van der Waals surface area contributed by atoms with E-state index >= 15 is 0 Å². The first-order chi connectivity index (χ1) is 12.0. The van der Waals surface area contributed by atoms with Crippen molar-refractivity contribution in [2.45, 2.75) is 13.3 Å². The van der Waals surface area contributed by atoms with Crippen LogP contribution in [0.1, 0.15) is 12.0 Å². The summed E-state index contributed by atoms with van der Waals surface area (Å²) in [5, 5.41) is 8.98. The van der Waals surface area contributed by atoms with E-state index in [4.69, 9.17) is 5.11 Å². The lowest BCUT2D eigenvalue weighted by Gasteiger charge is -2.35. The minimum atomic E-state index is -0.431. The van der Waals surface area contributed by atoms with Crippen LogP contribution in [0.2, 0.25) is 0 Å². The number of hydrogen-bond acceptors (Lipinski definition) is 4. The van der Waals surface area contributed by atoms with Crippen molar-refractivity contribution >= 4 is 17.5 Å². The molecule has 3 rings (SSSR count). The second-order valence-corrected chi connectivity index (χ2v) is 6.75. The first-order valence-corrected chi connectivity index (χ1v) is 8.68. The van der Waals surface area contributed by atoms with Gasteiger partial charge in [0.2, 0.25) is 11.8 Å². The molecule has 0 saturated carbocycles. The fraction of sp³-hybridized carbons (Fsp3) is 0.556. The van der Waals surface area contributed by atoms with Crippen LogP contribution in [0.5, 0.6) is 0 Å². The molecule has 1 atom stereocenters. The number of anilines is 1. The lowest BCUT2D eigenvalue weighted by Crippen LogP contribution is -2.51. The normalized spacial score (nSPS) is 21.9. The average molecular weight is 349 g/mol. The molecule has 1 aromatic carbocycles. The number of carbonyl (C=O) groups excluding carboxylic acids is 2. The lowest BCUT2D eigenvalue weighted by atomic mass is 10.1. The Morgan fingerprint density at radius 1 is 1.28 bits per heavy atom. The zero-order chi connectivity index (χ0) is 18.0. The van der Waals surface area contributed by atoms with Crippen LogP contribution in [0.3, 0.4) is 0 Å². The van der Waals surface area contributed by atoms with E-state index in [1.165, 1.54) is 11.0 Å². The number of hydrogen-bond donors (Lipinski definition) is 1. The van der Waals surface area contributed by atoms with Gasteiger partial charge in [0.15, 0.2) is 0 Å². The minimum absolute atomic E-state index is 0.0352. The van der Waals surface area contributed by atoms with Crippen molar-refractivity contribution < 1.29 is 19.1 Å². The van der Waals surface area contributed by atoms with Gasteiger partial charge in [0, 0.05) is 45.7 Å². The number of nitrogens with zero attached hydrogens (tertiary/aromatic N) is 3. The first kappa shape index (κ1) is 17.8. The van der Waals surface area contributed by atoms with E-state index in [-0.39, 0.29) is 37.1 Å². The van der Waals surface area contributed by atoms with E-state index in [0.717, 1.165) is 18.7 Å². The summed E-state index contributed by atoms with van der Waals surface area (Å²) in [4.78, 5) is 30.3. The van der Waals surface area contributed by atoms with Gasteiger partial charge in [-0.05, 0) is 24.6 Å². The predicted octanol–water partition coefficient (Wildman–Crippen LogP) is 0.624. The summed E-state index contributed by atoms with van der Waals surface area (Å²) in [5.41, 5.74) is 1.04. The molecule has 0 aliphatic carbocycles. The van der Waals surface area contributed by atoms with Gasteiger partial charge >= 0.3 is 0 Å². The van der Waals surface area contributed by atoms with Crippen LogP contribution in [-0.2, 0) is 9.59 Å². The number of halogens is 1. The largest absolute Gasteiger partial charge is 0.395 e. The molecule has 7 heteroatoms. The molecule has 0 bridgehead atoms. The number of aryl methyl sites for hydroxylation is 1. The van der Waals surface area contributed by atoms with Gasteiger partial charge in [-0.1, -0.05) is 6.07 Å². The van der Waals surface area contributed by atoms with Crippen molar-refractivity contribution in [3.8, 4) is 0 Å². The maximum Gasteiger partial charge on any atom is 0.228 e. The lowest BCUT2D eigenvalue weighted by molar-refractivity contribution is -0.137. The van der Waals surface area contributed by atoms with E-state index in [2.05, 4.69) is 4.90 Å². The molecule has 0 radical (unpaired) electrons. The van der Waals surface area contributed by atoms with Gasteiger partial charge in [0.25, 0.3) is 0 Å². The number of rotatable bonds is 4. The van der Waals surface area contributed by atoms with Crippen LogP contribution in [0.15, 0.2) is 18.2 Å². The quantitative estimate of drug-likeness (QED) is 0.866. The minimum Gasteiger partial charge on any atom is -0.395 e. The van der Waals surface area contributed by atoms with Gasteiger partial charge in [0.05, 0.1) is 18.2 Å². The molecule has 2 fully saturated rings. The molecule has 2 amide bonds. The van der Waals surface area contributed by atoms with E-state index in [1.54, 1.807) is 24.0 Å². The third-order valence-corrected chi connectivity index (χ3v) is 4.97. The van der Waals surface area contributed by atoms with E-state index in [9.17, 15) is 14.0 Å². The summed E-state index contributed by atoms with van der Waals surface area (Å²) in [6, 6.07) is 4.77. The monoisotopic (exact) mass is 349 g/mol. The molecule has 136 valence electrons. The van der Waals surface area contributed by atoms with Crippen molar-refractivity contribution in [2.75, 3.05) is 50.8 Å². The Balaban J connectivity index is 1.63. The van der Waals surface area contributed by atoms with Crippen LogP contribution in [0, 0.1) is 18.7 Å². The smallest absolute Gasteiger partial charge is 0.228 e. The summed E-state index contributed by atoms with van der Waals surface area (Å²) >= 11 is 0. The summed E-state index contributed by atoms with van der Waals surface area (Å²) in [6.07, 6.45) is 0.128. The molecule has 0 aromatic heterocycles. The summed E-state index contributed by atoms with van der Waals surface area (Å²) in [7, 11) is 0. The Kier molecular flexibility index (Phi) is 5.34. The fourth-order valence-corrected chi connectivity index (χ4v) is 3.53. The number of amides is 2. The number of aliphatic hydroxyl groups excluding tert-OH is 1. The van der Waals surface area contributed by atoms with Gasteiger partial charge in [-0.3, -0.25) is 14.5 Å². The molecule has 1 unspecified atom stereocenters. The van der Waals surface area contributed by atoms with Crippen molar-refractivity contribution in [3.05, 3.63) is 29.6 Å². The van der Waals surface area contributed by atoms with Gasteiger partial charge in [-0.25, -0.2) is 4.39 Å². The molecule has 2 heterocycles. The zero-order valence-electron chi connectivity index (χ0n) is 14.4. The third-order valence-electron chi connectivity index (χ3n) is 4.97. The standard InChI is InChI=1S/C18H24FN3O3/c1-13-2-3-16(15(19)10-13)22-12-14(11-17(22)24)18(25)21-6-4-20(5-7-21)8-9-23/h2-3,10,14,23H,4-9,11-12H2,1H3. The Labute approximate surface area is 146 Å². The third kappa shape index (κ3) is 3.82. The molecule has 2 aliphatic heterocycles. The number of β-amino-alcohol motifs (C(OH)–C–C–N with tert-alkyl or cyclic N) is 1. The highest BCUT2D eigenvalue weighted by molar-refractivity contribution is 6.00. The highest BCUT2D eigenvalue weighted by Gasteiger charge is 2.38. The van der Waals surface area contributed by atoms with Gasteiger partial charge in [0.1, 0.15) is 5.82 Å². The Morgan fingerprint density at radius 3 is 2.64 bits per heavy atom. The Morgan fingerprint density at radius 2 is 2.00 bits per heavy atom. The maximum atomic E-state index is 14.2. The van der Waals surface area contributed by atoms with E-state index < -0.39 is 11.7 Å². The molecule has 1 aromatic rings. The topological polar surface area (TPSA) is 64.1 Å². The predicted molar refractivity (Wildman–Crippen MR) is 91.7 cm³/mol. The number of carbonyl (C=O) groups is 2. The van der Waals surface area contributed by atoms with E-state index in [0.29, 0.717) is 19.6 Å². The molecule has 2 saturated heterocycles. The van der Waals surface area contributed by atoms with E-state index in [1.807, 2.05) is 0 Å². The average Bonchev–Trinajstić information content (AvgIpc) is 2.97. The van der Waals surface area contributed by atoms with Crippen LogP contribution in [0.4, 0.5) is 10.1 Å². The second kappa shape index (κ2) is 7.49. The number of benzene rings is 1. The van der Waals surface area contributed by atoms with Crippen molar-refractivity contribution in [1.29, 1.82) is 0 Å². The number of piperazine rings is 1. The molecule has 1 N–H and O–H groups in total. The summed E-state index contributed by atoms with van der Waals surface area (Å²) < 4.78 is 14.2. The highest BCUT2D eigenvalue weighted by atomic mass is 19.1. The van der Waals surface area contributed by atoms with Crippen LogP contribution in [0.25, 0.3) is 0 Å². The maximum absolute atomic E-state index is 14.2. The molecule has 25 heavy (non-hydrogen) atoms. The van der Waals surface area contributed by atoms with Crippen LogP contribution < -0.4 is 4.90 Å². The van der Waals surface area contributed by atoms with Gasteiger partial charge < -0.3 is 14.9 Å². The van der Waals surface area contributed by atoms with Crippen LogP contribution in [-0.4, -0.2) is 72.6 Å². The molecule has 2 aliphatic rings. The SMILES string of the molecule is Cc1ccc(N2CC(C(=O)N3CCN(CCO)CC3)CC2=O)c(F)c1. The first-order valence-electron chi connectivity index (χ1n) is 8.68. The van der Waals surface area contributed by atoms with Crippen LogP contribution >= 0.6 is 0 Å². The van der Waals surface area contributed by atoms with Gasteiger partial charge in [-0.15, -0.1) is 0 Å². The summed E-state index contributed by atoms with van der Waals surface area (Å²) in [5.74, 6) is -1.09. The molecular weight excluding hydrogens is 325 g/mol. The molecular formula is C18H24FN3O3. The van der Waals surface area contributed by atoms with Gasteiger partial charge in [-0.2, -0.15) is 0 Å². The Hall–Kier alpha value is -1.99. The summed E-state index contributed by atoms with van der Waals surface area (Å²) in [6.45, 7) is 5.40. The fourth-order valence-electron chi connectivity index (χ4n) is 3.53. The van der Waals surface area contributed by atoms with Crippen molar-refractivity contribution in [2.24, 2.45) is 5.92 Å². The van der Waals surface area contributed by atoms with Crippen molar-refractivity contribution in [1.82, 2.24) is 9.80 Å². The molecule has 0 spiro atoms. The zero-order valence-corrected chi connectivity index (χ0v) is 14.4. The second-order valence-electron chi connectivity index (χ2n) is 6.75. The Bertz CT molecular complexity index is 659. The highest BCUT2D eigenvalue weighted by Crippen LogP contribution is 2.29. The molecule has 6 nitrogen and oxygen atoms in total.